The van der Waals surface area contributed by atoms with E-state index in [-0.39, 0.29) is 0 Å². The van der Waals surface area contributed by atoms with Crippen molar-refractivity contribution in [3.05, 3.63) is 194 Å². The number of hydrogen-bond donors (Lipinski definition) is 0. The molecule has 0 aliphatic carbocycles. The van der Waals surface area contributed by atoms with E-state index in [0.717, 1.165) is 17.1 Å². The number of benzene rings is 8. The highest BCUT2D eigenvalue weighted by atomic mass is 32.1. The quantitative estimate of drug-likeness (QED) is 0.171. The average molecular weight is 669 g/mol. The molecule has 10 rings (SSSR count). The summed E-state index contributed by atoms with van der Waals surface area (Å²) in [6.07, 6.45) is 0. The van der Waals surface area contributed by atoms with Crippen LogP contribution in [0.25, 0.3) is 69.9 Å². The third-order valence-corrected chi connectivity index (χ3v) is 11.1. The van der Waals surface area contributed by atoms with Crippen LogP contribution >= 0.6 is 11.3 Å². The Bertz CT molecular complexity index is 2850. The summed E-state index contributed by atoms with van der Waals surface area (Å²) >= 11 is 1.87. The van der Waals surface area contributed by atoms with Gasteiger partial charge in [-0.2, -0.15) is 0 Å². The zero-order valence-electron chi connectivity index (χ0n) is 27.8. The molecule has 0 spiro atoms. The lowest BCUT2D eigenvalue weighted by Crippen LogP contribution is -2.11. The highest BCUT2D eigenvalue weighted by molar-refractivity contribution is 7.25. The maximum atomic E-state index is 2.46. The van der Waals surface area contributed by atoms with Crippen molar-refractivity contribution in [3.63, 3.8) is 0 Å². The van der Waals surface area contributed by atoms with Gasteiger partial charge in [-0.1, -0.05) is 127 Å². The molecule has 0 bridgehead atoms. The van der Waals surface area contributed by atoms with Crippen molar-refractivity contribution in [2.24, 2.45) is 0 Å². The molecular formula is C48H32N2S. The molecule has 2 heterocycles. The Morgan fingerprint density at radius 2 is 1.00 bits per heavy atom. The normalized spacial score (nSPS) is 11.5. The first-order valence-electron chi connectivity index (χ1n) is 17.4. The molecule has 0 N–H and O–H groups in total. The molecule has 0 fully saturated rings. The van der Waals surface area contributed by atoms with Crippen molar-refractivity contribution in [1.29, 1.82) is 0 Å². The topological polar surface area (TPSA) is 8.17 Å². The van der Waals surface area contributed by atoms with Crippen LogP contribution in [0.2, 0.25) is 0 Å². The van der Waals surface area contributed by atoms with Crippen molar-refractivity contribution in [2.45, 2.75) is 0 Å². The Kier molecular flexibility index (Phi) is 7.04. The molecule has 3 heteroatoms. The van der Waals surface area contributed by atoms with E-state index >= 15 is 0 Å². The molecule has 2 nitrogen and oxygen atoms in total. The van der Waals surface area contributed by atoms with Crippen LogP contribution in [0.1, 0.15) is 0 Å². The zero-order chi connectivity index (χ0) is 33.7. The second kappa shape index (κ2) is 12.2. The summed E-state index contributed by atoms with van der Waals surface area (Å²) in [7, 11) is 0. The van der Waals surface area contributed by atoms with E-state index in [2.05, 4.69) is 204 Å². The number of anilines is 3. The Hall–Kier alpha value is -6.42. The lowest BCUT2D eigenvalue weighted by Gasteiger charge is -2.28. The SMILES string of the molecule is c1ccc(-c2ccc(N(c3ccccc3)c3ccccc3-c3ccc4c(c3)c3ccccc3n4-c3cccc4sc5ccccc5c34)cc2)cc1. The number of para-hydroxylation sites is 3. The number of fused-ring (bicyclic) bond motifs is 6. The molecule has 0 aliphatic heterocycles. The van der Waals surface area contributed by atoms with E-state index in [1.54, 1.807) is 0 Å². The van der Waals surface area contributed by atoms with Gasteiger partial charge in [0, 0.05) is 47.9 Å². The summed E-state index contributed by atoms with van der Waals surface area (Å²) in [6, 6.07) is 70.3. The molecular weight excluding hydrogens is 637 g/mol. The summed E-state index contributed by atoms with van der Waals surface area (Å²) in [4.78, 5) is 2.37. The Labute approximate surface area is 300 Å². The number of aromatic nitrogens is 1. The first kappa shape index (κ1) is 29.5. The molecule has 2 aromatic heterocycles. The van der Waals surface area contributed by atoms with Crippen LogP contribution in [-0.2, 0) is 0 Å². The summed E-state index contributed by atoms with van der Waals surface area (Å²) in [5.41, 5.74) is 11.8. The third-order valence-electron chi connectivity index (χ3n) is 10.00. The van der Waals surface area contributed by atoms with Gasteiger partial charge in [-0.3, -0.25) is 0 Å². The van der Waals surface area contributed by atoms with Crippen molar-refractivity contribution in [3.8, 4) is 27.9 Å². The van der Waals surface area contributed by atoms with Crippen molar-refractivity contribution in [2.75, 3.05) is 4.90 Å². The molecule has 10 aromatic rings. The van der Waals surface area contributed by atoms with Crippen molar-refractivity contribution in [1.82, 2.24) is 4.57 Å². The predicted octanol–water partition coefficient (Wildman–Crippen LogP) is 14.0. The van der Waals surface area contributed by atoms with Crippen LogP contribution in [0.5, 0.6) is 0 Å². The van der Waals surface area contributed by atoms with Gasteiger partial charge in [0.15, 0.2) is 0 Å². The lowest BCUT2D eigenvalue weighted by atomic mass is 9.99. The molecule has 0 unspecified atom stereocenters. The second-order valence-electron chi connectivity index (χ2n) is 12.9. The zero-order valence-corrected chi connectivity index (χ0v) is 28.6. The van der Waals surface area contributed by atoms with Crippen LogP contribution in [0, 0.1) is 0 Å². The molecule has 0 atom stereocenters. The highest BCUT2D eigenvalue weighted by Crippen LogP contribution is 2.44. The fraction of sp³-hybridized carbons (Fsp3) is 0. The summed E-state index contributed by atoms with van der Waals surface area (Å²) in [6.45, 7) is 0. The third kappa shape index (κ3) is 4.93. The summed E-state index contributed by atoms with van der Waals surface area (Å²) in [5.74, 6) is 0. The number of nitrogens with zero attached hydrogens (tertiary/aromatic N) is 2. The van der Waals surface area contributed by atoms with E-state index in [1.807, 2.05) is 11.3 Å². The van der Waals surface area contributed by atoms with E-state index in [1.165, 1.54) is 69.9 Å². The molecule has 8 aromatic carbocycles. The molecule has 0 radical (unpaired) electrons. The number of rotatable bonds is 6. The van der Waals surface area contributed by atoms with E-state index in [0.29, 0.717) is 0 Å². The van der Waals surface area contributed by atoms with Gasteiger partial charge in [-0.05, 0) is 83.4 Å². The maximum Gasteiger partial charge on any atom is 0.0555 e. The highest BCUT2D eigenvalue weighted by Gasteiger charge is 2.20. The van der Waals surface area contributed by atoms with Gasteiger partial charge >= 0.3 is 0 Å². The van der Waals surface area contributed by atoms with Crippen molar-refractivity contribution < 1.29 is 0 Å². The van der Waals surface area contributed by atoms with Gasteiger partial charge in [0.2, 0.25) is 0 Å². The van der Waals surface area contributed by atoms with Gasteiger partial charge in [0.05, 0.1) is 22.4 Å². The summed E-state index contributed by atoms with van der Waals surface area (Å²) in [5, 5.41) is 5.11. The fourth-order valence-corrected chi connectivity index (χ4v) is 8.82. The minimum absolute atomic E-state index is 1.11. The van der Waals surface area contributed by atoms with Crippen LogP contribution in [0.3, 0.4) is 0 Å². The van der Waals surface area contributed by atoms with E-state index < -0.39 is 0 Å². The smallest absolute Gasteiger partial charge is 0.0555 e. The van der Waals surface area contributed by atoms with Gasteiger partial charge in [-0.25, -0.2) is 0 Å². The first-order chi connectivity index (χ1) is 25.3. The van der Waals surface area contributed by atoms with Gasteiger partial charge in [0.25, 0.3) is 0 Å². The second-order valence-corrected chi connectivity index (χ2v) is 14.0. The molecule has 51 heavy (non-hydrogen) atoms. The summed E-state index contributed by atoms with van der Waals surface area (Å²) < 4.78 is 5.09. The van der Waals surface area contributed by atoms with Crippen molar-refractivity contribution >= 4 is 70.4 Å². The van der Waals surface area contributed by atoms with Crippen LogP contribution in [-0.4, -0.2) is 4.57 Å². The molecule has 0 saturated carbocycles. The van der Waals surface area contributed by atoms with E-state index in [4.69, 9.17) is 0 Å². The first-order valence-corrected chi connectivity index (χ1v) is 18.2. The Balaban J connectivity index is 1.16. The molecule has 0 amide bonds. The standard InChI is InChI=1S/C48H32N2S/c1-3-14-33(15-4-1)34-26-29-37(30-27-34)49(36-16-5-2-6-17-36)42-21-10-7-18-38(42)35-28-31-44-41(32-35)39-19-8-11-22-43(39)50(44)45-23-13-25-47-48(45)40-20-9-12-24-46(40)51-47/h1-32H. The number of hydrogen-bond acceptors (Lipinski definition) is 2. The molecule has 0 aliphatic rings. The van der Waals surface area contributed by atoms with Crippen LogP contribution in [0.4, 0.5) is 17.1 Å². The Morgan fingerprint density at radius 3 is 1.84 bits per heavy atom. The lowest BCUT2D eigenvalue weighted by molar-refractivity contribution is 1.20. The number of thiophene rings is 1. The molecule has 240 valence electrons. The van der Waals surface area contributed by atoms with Crippen LogP contribution < -0.4 is 4.90 Å². The minimum atomic E-state index is 1.11. The average Bonchev–Trinajstić information content (AvgIpc) is 3.75. The van der Waals surface area contributed by atoms with E-state index in [9.17, 15) is 0 Å². The van der Waals surface area contributed by atoms with Crippen LogP contribution in [0.15, 0.2) is 194 Å². The monoisotopic (exact) mass is 668 g/mol. The maximum absolute atomic E-state index is 2.46. The fourth-order valence-electron chi connectivity index (χ4n) is 7.69. The molecule has 0 saturated heterocycles. The van der Waals surface area contributed by atoms with Gasteiger partial charge in [0.1, 0.15) is 0 Å². The van der Waals surface area contributed by atoms with Gasteiger partial charge < -0.3 is 9.47 Å². The predicted molar refractivity (Wildman–Crippen MR) is 219 cm³/mol. The Morgan fingerprint density at radius 1 is 0.392 bits per heavy atom. The largest absolute Gasteiger partial charge is 0.310 e. The minimum Gasteiger partial charge on any atom is -0.310 e. The van der Waals surface area contributed by atoms with Gasteiger partial charge in [-0.15, -0.1) is 11.3 Å².